The minimum Gasteiger partial charge on any atom is -0.493 e. The molecule has 1 aromatic heterocycles. The van der Waals surface area contributed by atoms with Gasteiger partial charge in [-0.3, -0.25) is 9.69 Å². The summed E-state index contributed by atoms with van der Waals surface area (Å²) in [6.45, 7) is 2.82. The molecule has 9 heteroatoms. The van der Waals surface area contributed by atoms with Gasteiger partial charge in [-0.15, -0.1) is 0 Å². The molecular weight excluding hydrogens is 503 g/mol. The summed E-state index contributed by atoms with van der Waals surface area (Å²) in [5.74, 6) is 1.06. The van der Waals surface area contributed by atoms with Crippen molar-refractivity contribution in [2.45, 2.75) is 31.8 Å². The Morgan fingerprint density at radius 3 is 2.53 bits per heavy atom. The number of methoxy groups -OCH3 is 1. The van der Waals surface area contributed by atoms with Gasteiger partial charge in [0.2, 0.25) is 0 Å². The largest absolute Gasteiger partial charge is 0.493 e. The average molecular weight is 533 g/mol. The zero-order valence-electron chi connectivity index (χ0n) is 21.1. The molecule has 4 aromatic rings. The molecule has 196 valence electrons. The maximum Gasteiger partial charge on any atom is 0.298 e. The van der Waals surface area contributed by atoms with E-state index in [4.69, 9.17) is 9.47 Å². The number of piperidine rings is 1. The SMILES string of the molecule is COc1cc(C(=O)NC2CCN(Cc3ccccc3)CC2)ccc1Oc1nc(Cc2ccc(F)cc2)ns1. The number of carbonyl (C=O) groups excluding carboxylic acids is 1. The lowest BCUT2D eigenvalue weighted by Crippen LogP contribution is -2.44. The Morgan fingerprint density at radius 1 is 1.03 bits per heavy atom. The number of likely N-dealkylation sites (tertiary alicyclic amines) is 1. The highest BCUT2D eigenvalue weighted by molar-refractivity contribution is 7.07. The Morgan fingerprint density at radius 2 is 1.79 bits per heavy atom. The summed E-state index contributed by atoms with van der Waals surface area (Å²) in [7, 11) is 1.53. The first kappa shape index (κ1) is 25.8. The zero-order valence-corrected chi connectivity index (χ0v) is 21.9. The Kier molecular flexibility index (Phi) is 8.25. The van der Waals surface area contributed by atoms with Gasteiger partial charge in [0.05, 0.1) is 7.11 Å². The van der Waals surface area contributed by atoms with Crippen molar-refractivity contribution >= 4 is 17.4 Å². The third-order valence-electron chi connectivity index (χ3n) is 6.52. The molecule has 5 rings (SSSR count). The first-order valence-corrected chi connectivity index (χ1v) is 13.3. The van der Waals surface area contributed by atoms with Crippen molar-refractivity contribution in [3.8, 4) is 16.7 Å². The smallest absolute Gasteiger partial charge is 0.298 e. The van der Waals surface area contributed by atoms with Gasteiger partial charge in [0, 0.05) is 49.2 Å². The van der Waals surface area contributed by atoms with E-state index in [0.29, 0.717) is 34.5 Å². The van der Waals surface area contributed by atoms with Gasteiger partial charge in [0.15, 0.2) is 17.3 Å². The van der Waals surface area contributed by atoms with Crippen molar-refractivity contribution in [2.24, 2.45) is 0 Å². The molecule has 0 unspecified atom stereocenters. The third kappa shape index (κ3) is 6.73. The van der Waals surface area contributed by atoms with Crippen LogP contribution in [0.5, 0.6) is 16.7 Å². The van der Waals surface area contributed by atoms with Crippen LogP contribution in [0.2, 0.25) is 0 Å². The van der Waals surface area contributed by atoms with E-state index >= 15 is 0 Å². The second kappa shape index (κ2) is 12.1. The summed E-state index contributed by atoms with van der Waals surface area (Å²) in [6.07, 6.45) is 2.30. The molecule has 0 radical (unpaired) electrons. The van der Waals surface area contributed by atoms with Crippen LogP contribution >= 0.6 is 11.5 Å². The average Bonchev–Trinajstić information content (AvgIpc) is 3.38. The Hall–Kier alpha value is -3.82. The lowest BCUT2D eigenvalue weighted by molar-refractivity contribution is 0.0908. The summed E-state index contributed by atoms with van der Waals surface area (Å²) >= 11 is 1.12. The van der Waals surface area contributed by atoms with Gasteiger partial charge in [0.25, 0.3) is 11.1 Å². The Labute approximate surface area is 225 Å². The van der Waals surface area contributed by atoms with Crippen LogP contribution < -0.4 is 14.8 Å². The van der Waals surface area contributed by atoms with E-state index in [0.717, 1.165) is 49.6 Å². The monoisotopic (exact) mass is 532 g/mol. The number of rotatable bonds is 9. The third-order valence-corrected chi connectivity index (χ3v) is 7.15. The standard InChI is InChI=1S/C29H29FN4O3S/c1-36-26-18-22(28(35)31-24-13-15-34(16-14-24)19-21-5-3-2-4-6-21)9-12-25(26)37-29-32-27(33-38-29)17-20-7-10-23(30)11-8-20/h2-12,18,24H,13-17,19H2,1H3,(H,31,35). The highest BCUT2D eigenvalue weighted by Crippen LogP contribution is 2.33. The molecule has 1 N–H and O–H groups in total. The summed E-state index contributed by atoms with van der Waals surface area (Å²) in [6, 6.07) is 21.9. The van der Waals surface area contributed by atoms with Crippen LogP contribution in [-0.2, 0) is 13.0 Å². The first-order chi connectivity index (χ1) is 18.6. The fourth-order valence-corrected chi connectivity index (χ4v) is 5.03. The van der Waals surface area contributed by atoms with Gasteiger partial charge in [0.1, 0.15) is 5.82 Å². The predicted molar refractivity (Wildman–Crippen MR) is 144 cm³/mol. The van der Waals surface area contributed by atoms with Gasteiger partial charge in [-0.1, -0.05) is 42.5 Å². The van der Waals surface area contributed by atoms with Gasteiger partial charge >= 0.3 is 0 Å². The van der Waals surface area contributed by atoms with E-state index in [9.17, 15) is 9.18 Å². The lowest BCUT2D eigenvalue weighted by atomic mass is 10.0. The second-order valence-electron chi connectivity index (χ2n) is 9.26. The van der Waals surface area contributed by atoms with Crippen LogP contribution in [-0.4, -0.2) is 46.4 Å². The zero-order chi connectivity index (χ0) is 26.3. The Bertz CT molecular complexity index is 1360. The van der Waals surface area contributed by atoms with Gasteiger partial charge < -0.3 is 14.8 Å². The number of aromatic nitrogens is 2. The van der Waals surface area contributed by atoms with Crippen molar-refractivity contribution in [2.75, 3.05) is 20.2 Å². The number of carbonyl (C=O) groups is 1. The van der Waals surface area contributed by atoms with Crippen LogP contribution in [0, 0.1) is 5.82 Å². The molecule has 0 atom stereocenters. The number of hydrogen-bond donors (Lipinski definition) is 1. The minimum absolute atomic E-state index is 0.131. The molecule has 1 amide bonds. The van der Waals surface area contributed by atoms with E-state index in [1.54, 1.807) is 30.3 Å². The van der Waals surface area contributed by atoms with Crippen LogP contribution in [0.1, 0.15) is 40.2 Å². The van der Waals surface area contributed by atoms with E-state index in [1.165, 1.54) is 24.8 Å². The molecule has 1 aliphatic heterocycles. The lowest BCUT2D eigenvalue weighted by Gasteiger charge is -2.32. The normalized spacial score (nSPS) is 14.3. The second-order valence-corrected chi connectivity index (χ2v) is 9.97. The molecule has 1 saturated heterocycles. The van der Waals surface area contributed by atoms with Gasteiger partial charge in [-0.05, 0) is 54.3 Å². The van der Waals surface area contributed by atoms with Crippen LogP contribution in [0.15, 0.2) is 72.8 Å². The molecule has 38 heavy (non-hydrogen) atoms. The summed E-state index contributed by atoms with van der Waals surface area (Å²) < 4.78 is 28.9. The van der Waals surface area contributed by atoms with Crippen molar-refractivity contribution in [1.82, 2.24) is 19.6 Å². The number of hydrogen-bond acceptors (Lipinski definition) is 7. The minimum atomic E-state index is -0.280. The number of ether oxygens (including phenoxy) is 2. The fraction of sp³-hybridized carbons (Fsp3) is 0.276. The summed E-state index contributed by atoms with van der Waals surface area (Å²) in [5.41, 5.74) is 2.72. The van der Waals surface area contributed by atoms with Crippen LogP contribution in [0.4, 0.5) is 4.39 Å². The molecule has 1 fully saturated rings. The Balaban J connectivity index is 1.15. The molecule has 3 aromatic carbocycles. The number of benzene rings is 3. The van der Waals surface area contributed by atoms with E-state index < -0.39 is 0 Å². The number of halogens is 1. The predicted octanol–water partition coefficient (Wildman–Crippen LogP) is 5.46. The summed E-state index contributed by atoms with van der Waals surface area (Å²) in [5, 5.41) is 3.53. The quantitative estimate of drug-likeness (QED) is 0.308. The maximum atomic E-state index is 13.1. The van der Waals surface area contributed by atoms with Crippen LogP contribution in [0.25, 0.3) is 0 Å². The molecule has 0 saturated carbocycles. The number of amides is 1. The number of nitrogens with one attached hydrogen (secondary N) is 1. The van der Waals surface area contributed by atoms with Crippen molar-refractivity contribution < 1.29 is 18.7 Å². The molecule has 7 nitrogen and oxygen atoms in total. The van der Waals surface area contributed by atoms with Gasteiger partial charge in [-0.25, -0.2) is 4.39 Å². The van der Waals surface area contributed by atoms with E-state index in [1.807, 2.05) is 6.07 Å². The first-order valence-electron chi connectivity index (χ1n) is 12.6. The van der Waals surface area contributed by atoms with Crippen molar-refractivity contribution in [3.05, 3.63) is 101 Å². The highest BCUT2D eigenvalue weighted by Gasteiger charge is 2.22. The maximum absolute atomic E-state index is 13.1. The molecule has 0 aliphatic carbocycles. The molecule has 2 heterocycles. The molecular formula is C29H29FN4O3S. The highest BCUT2D eigenvalue weighted by atomic mass is 32.1. The van der Waals surface area contributed by atoms with Gasteiger partial charge in [-0.2, -0.15) is 9.36 Å². The van der Waals surface area contributed by atoms with E-state index in [2.05, 4.69) is 43.8 Å². The van der Waals surface area contributed by atoms with Crippen LogP contribution in [0.3, 0.4) is 0 Å². The molecule has 0 spiro atoms. The summed E-state index contributed by atoms with van der Waals surface area (Å²) in [4.78, 5) is 19.8. The number of nitrogens with zero attached hydrogens (tertiary/aromatic N) is 3. The van der Waals surface area contributed by atoms with Crippen molar-refractivity contribution in [3.63, 3.8) is 0 Å². The van der Waals surface area contributed by atoms with Crippen molar-refractivity contribution in [1.29, 1.82) is 0 Å². The van der Waals surface area contributed by atoms with E-state index in [-0.39, 0.29) is 17.8 Å². The fourth-order valence-electron chi connectivity index (χ4n) is 4.47. The topological polar surface area (TPSA) is 76.6 Å². The molecule has 0 bridgehead atoms. The molecule has 1 aliphatic rings.